The summed E-state index contributed by atoms with van der Waals surface area (Å²) in [5, 5.41) is 4.46. The molecule has 0 spiro atoms. The molecule has 0 bridgehead atoms. The van der Waals surface area contributed by atoms with Crippen LogP contribution in [-0.2, 0) is 0 Å². The number of carbonyl (C=O) groups excluding carboxylic acids is 1. The second-order valence-electron chi connectivity index (χ2n) is 4.32. The Morgan fingerprint density at radius 3 is 2.65 bits per heavy atom. The van der Waals surface area contributed by atoms with Crippen molar-refractivity contribution in [2.24, 2.45) is 0 Å². The topological polar surface area (TPSA) is 60.7 Å². The number of nitrogens with zero attached hydrogens (tertiary/aromatic N) is 4. The number of aryl methyl sites for hydroxylation is 1. The number of rotatable bonds is 3. The average molecular weight is 264 g/mol. The highest BCUT2D eigenvalue weighted by molar-refractivity contribution is 5.85. The fourth-order valence-corrected chi connectivity index (χ4v) is 1.98. The molecule has 5 nitrogen and oxygen atoms in total. The van der Waals surface area contributed by atoms with Gasteiger partial charge in [-0.3, -0.25) is 4.79 Å². The second kappa shape index (κ2) is 5.05. The summed E-state index contributed by atoms with van der Waals surface area (Å²) in [6.07, 6.45) is 4.15. The van der Waals surface area contributed by atoms with Crippen LogP contribution in [-0.4, -0.2) is 26.0 Å². The van der Waals surface area contributed by atoms with E-state index in [4.69, 9.17) is 0 Å². The molecule has 0 aliphatic rings. The van der Waals surface area contributed by atoms with E-state index in [0.29, 0.717) is 22.9 Å². The molecule has 0 aliphatic heterocycles. The maximum atomic E-state index is 11.2. The molecule has 0 saturated carbocycles. The average Bonchev–Trinajstić information content (AvgIpc) is 2.92. The maximum absolute atomic E-state index is 11.2. The Hall–Kier alpha value is -2.82. The molecule has 0 N–H and O–H groups in total. The number of aromatic nitrogens is 4. The Morgan fingerprint density at radius 2 is 1.95 bits per heavy atom. The van der Waals surface area contributed by atoms with Gasteiger partial charge in [0.15, 0.2) is 12.1 Å². The van der Waals surface area contributed by atoms with Crippen molar-refractivity contribution in [2.75, 3.05) is 0 Å². The first kappa shape index (κ1) is 12.2. The van der Waals surface area contributed by atoms with Gasteiger partial charge in [0.25, 0.3) is 0 Å². The van der Waals surface area contributed by atoms with Crippen LogP contribution in [0.4, 0.5) is 0 Å². The lowest BCUT2D eigenvalue weighted by molar-refractivity contribution is 0.112. The number of carbonyl (C=O) groups is 1. The zero-order valence-corrected chi connectivity index (χ0v) is 10.9. The molecule has 0 amide bonds. The van der Waals surface area contributed by atoms with E-state index in [0.717, 1.165) is 11.8 Å². The molecule has 20 heavy (non-hydrogen) atoms. The van der Waals surface area contributed by atoms with Crippen LogP contribution in [0.1, 0.15) is 16.2 Å². The van der Waals surface area contributed by atoms with Crippen LogP contribution in [0.5, 0.6) is 0 Å². The minimum Gasteiger partial charge on any atom is -0.298 e. The van der Waals surface area contributed by atoms with Gasteiger partial charge in [-0.25, -0.2) is 14.6 Å². The molecule has 0 aliphatic carbocycles. The zero-order valence-electron chi connectivity index (χ0n) is 10.9. The lowest BCUT2D eigenvalue weighted by Crippen LogP contribution is -2.00. The van der Waals surface area contributed by atoms with Crippen molar-refractivity contribution in [1.82, 2.24) is 19.7 Å². The number of benzene rings is 1. The van der Waals surface area contributed by atoms with Gasteiger partial charge in [0.1, 0.15) is 11.5 Å². The van der Waals surface area contributed by atoms with E-state index in [1.165, 1.54) is 0 Å². The fraction of sp³-hybridized carbons (Fsp3) is 0.0667. The standard InChI is InChI=1S/C15H12N4O/c1-11-16-8-7-14(17-11)19-9-13(10-20)15(18-19)12-5-3-2-4-6-12/h2-10H,1H3. The van der Waals surface area contributed by atoms with Gasteiger partial charge in [-0.05, 0) is 6.92 Å². The molecule has 0 unspecified atom stereocenters. The quantitative estimate of drug-likeness (QED) is 0.682. The van der Waals surface area contributed by atoms with Gasteiger partial charge < -0.3 is 0 Å². The van der Waals surface area contributed by atoms with Crippen molar-refractivity contribution >= 4 is 6.29 Å². The molecular weight excluding hydrogens is 252 g/mol. The van der Waals surface area contributed by atoms with Crippen LogP contribution >= 0.6 is 0 Å². The van der Waals surface area contributed by atoms with Crippen molar-refractivity contribution in [3.05, 3.63) is 60.2 Å². The zero-order chi connectivity index (χ0) is 13.9. The monoisotopic (exact) mass is 264 g/mol. The smallest absolute Gasteiger partial charge is 0.157 e. The second-order valence-corrected chi connectivity index (χ2v) is 4.32. The largest absolute Gasteiger partial charge is 0.298 e. The lowest BCUT2D eigenvalue weighted by Gasteiger charge is -2.00. The molecule has 5 heteroatoms. The Morgan fingerprint density at radius 1 is 1.15 bits per heavy atom. The van der Waals surface area contributed by atoms with Crippen LogP contribution in [0.3, 0.4) is 0 Å². The van der Waals surface area contributed by atoms with E-state index in [1.54, 1.807) is 23.1 Å². The molecule has 2 heterocycles. The fourth-order valence-electron chi connectivity index (χ4n) is 1.98. The van der Waals surface area contributed by atoms with Crippen molar-refractivity contribution < 1.29 is 4.79 Å². The van der Waals surface area contributed by atoms with E-state index in [1.807, 2.05) is 37.3 Å². The third-order valence-corrected chi connectivity index (χ3v) is 2.91. The molecule has 98 valence electrons. The SMILES string of the molecule is Cc1nccc(-n2cc(C=O)c(-c3ccccc3)n2)n1. The van der Waals surface area contributed by atoms with E-state index in [9.17, 15) is 4.79 Å². The molecular formula is C15H12N4O. The summed E-state index contributed by atoms with van der Waals surface area (Å²) in [4.78, 5) is 19.6. The predicted molar refractivity (Wildman–Crippen MR) is 74.7 cm³/mol. The molecule has 3 aromatic rings. The highest BCUT2D eigenvalue weighted by Crippen LogP contribution is 2.21. The first-order chi connectivity index (χ1) is 9.78. The van der Waals surface area contributed by atoms with Gasteiger partial charge in [0.05, 0.1) is 5.56 Å². The van der Waals surface area contributed by atoms with Crippen molar-refractivity contribution in [2.45, 2.75) is 6.92 Å². The molecule has 3 rings (SSSR count). The van der Waals surface area contributed by atoms with E-state index in [-0.39, 0.29) is 0 Å². The minimum atomic E-state index is 0.535. The first-order valence-corrected chi connectivity index (χ1v) is 6.18. The molecule has 0 atom stereocenters. The summed E-state index contributed by atoms with van der Waals surface area (Å²) in [7, 11) is 0. The third kappa shape index (κ3) is 2.21. The molecule has 2 aromatic heterocycles. The van der Waals surface area contributed by atoms with Gasteiger partial charge in [0, 0.05) is 24.0 Å². The molecule has 0 saturated heterocycles. The minimum absolute atomic E-state index is 0.535. The summed E-state index contributed by atoms with van der Waals surface area (Å²) < 4.78 is 1.60. The number of hydrogen-bond donors (Lipinski definition) is 0. The Labute approximate surface area is 115 Å². The third-order valence-electron chi connectivity index (χ3n) is 2.91. The van der Waals surface area contributed by atoms with E-state index >= 15 is 0 Å². The maximum Gasteiger partial charge on any atom is 0.157 e. The first-order valence-electron chi connectivity index (χ1n) is 6.18. The summed E-state index contributed by atoms with van der Waals surface area (Å²) in [6.45, 7) is 1.81. The van der Waals surface area contributed by atoms with Crippen molar-refractivity contribution in [3.8, 4) is 17.1 Å². The predicted octanol–water partition coefficient (Wildman–Crippen LogP) is 2.45. The van der Waals surface area contributed by atoms with Gasteiger partial charge in [-0.1, -0.05) is 30.3 Å². The molecule has 1 aromatic carbocycles. The van der Waals surface area contributed by atoms with Crippen LogP contribution in [0.2, 0.25) is 0 Å². The molecule has 0 radical (unpaired) electrons. The summed E-state index contributed by atoms with van der Waals surface area (Å²) in [5.74, 6) is 1.30. The van der Waals surface area contributed by atoms with Crippen LogP contribution < -0.4 is 0 Å². The Bertz CT molecular complexity index is 750. The lowest BCUT2D eigenvalue weighted by atomic mass is 10.1. The van der Waals surface area contributed by atoms with Gasteiger partial charge in [-0.2, -0.15) is 5.10 Å². The van der Waals surface area contributed by atoms with Gasteiger partial charge in [0.2, 0.25) is 0 Å². The summed E-state index contributed by atoms with van der Waals surface area (Å²) >= 11 is 0. The van der Waals surface area contributed by atoms with Gasteiger partial charge >= 0.3 is 0 Å². The van der Waals surface area contributed by atoms with Crippen LogP contribution in [0, 0.1) is 6.92 Å². The highest BCUT2D eigenvalue weighted by atomic mass is 16.1. The summed E-state index contributed by atoms with van der Waals surface area (Å²) in [6, 6.07) is 11.4. The summed E-state index contributed by atoms with van der Waals surface area (Å²) in [5.41, 5.74) is 2.09. The van der Waals surface area contributed by atoms with Crippen molar-refractivity contribution in [1.29, 1.82) is 0 Å². The van der Waals surface area contributed by atoms with Gasteiger partial charge in [-0.15, -0.1) is 0 Å². The van der Waals surface area contributed by atoms with E-state index < -0.39 is 0 Å². The Balaban J connectivity index is 2.12. The van der Waals surface area contributed by atoms with E-state index in [2.05, 4.69) is 15.1 Å². The Kier molecular flexibility index (Phi) is 3.09. The number of aldehydes is 1. The van der Waals surface area contributed by atoms with Crippen LogP contribution in [0.25, 0.3) is 17.1 Å². The normalized spacial score (nSPS) is 10.4. The number of hydrogen-bond acceptors (Lipinski definition) is 4. The molecule has 0 fully saturated rings. The highest BCUT2D eigenvalue weighted by Gasteiger charge is 2.12. The van der Waals surface area contributed by atoms with Crippen molar-refractivity contribution in [3.63, 3.8) is 0 Å². The van der Waals surface area contributed by atoms with Crippen LogP contribution in [0.15, 0.2) is 48.8 Å².